The molecule has 4 N–H and O–H groups in total. The lowest BCUT2D eigenvalue weighted by Crippen LogP contribution is -1.98. The van der Waals surface area contributed by atoms with Gasteiger partial charge >= 0.3 is 0 Å². The standard InChI is InChI=1S/C22H15Cl2N3O5S/c23-13-6-8-17(20(10-13)32-19-4-2-1-3-15(19)24)26-27-22-16(25)7-5-12-9-14(33(29,30)31)11-18(28)21(12)22/h1-11,28H,25H2,(H,29,30,31). The van der Waals surface area contributed by atoms with Crippen LogP contribution in [-0.2, 0) is 10.1 Å². The molecule has 0 saturated carbocycles. The molecule has 0 amide bonds. The summed E-state index contributed by atoms with van der Waals surface area (Å²) in [5, 5.41) is 20.1. The zero-order valence-electron chi connectivity index (χ0n) is 16.6. The summed E-state index contributed by atoms with van der Waals surface area (Å²) in [6.07, 6.45) is 0. The van der Waals surface area contributed by atoms with Crippen LogP contribution < -0.4 is 10.5 Å². The highest BCUT2D eigenvalue weighted by molar-refractivity contribution is 7.85. The average Bonchev–Trinajstić information content (AvgIpc) is 2.75. The molecular formula is C22H15Cl2N3O5S. The number of phenolic OH excluding ortho intramolecular Hbond substituents is 1. The summed E-state index contributed by atoms with van der Waals surface area (Å²) in [5.41, 5.74) is 6.63. The van der Waals surface area contributed by atoms with Gasteiger partial charge in [-0.1, -0.05) is 41.4 Å². The van der Waals surface area contributed by atoms with Gasteiger partial charge in [-0.15, -0.1) is 10.2 Å². The van der Waals surface area contributed by atoms with Gasteiger partial charge < -0.3 is 15.6 Å². The van der Waals surface area contributed by atoms with E-state index in [1.807, 2.05) is 0 Å². The van der Waals surface area contributed by atoms with Gasteiger partial charge in [0.05, 0.1) is 21.0 Å². The van der Waals surface area contributed by atoms with E-state index in [1.54, 1.807) is 42.5 Å². The predicted octanol–water partition coefficient (Wildman–Crippen LogP) is 6.89. The van der Waals surface area contributed by atoms with Crippen molar-refractivity contribution in [2.45, 2.75) is 4.90 Å². The molecule has 0 fully saturated rings. The van der Waals surface area contributed by atoms with Crippen molar-refractivity contribution in [1.82, 2.24) is 0 Å². The Morgan fingerprint density at radius 3 is 2.39 bits per heavy atom. The molecule has 0 heterocycles. The Labute approximate surface area is 198 Å². The normalized spacial score (nSPS) is 11.8. The van der Waals surface area contributed by atoms with E-state index in [-0.39, 0.29) is 27.9 Å². The van der Waals surface area contributed by atoms with E-state index in [4.69, 9.17) is 33.7 Å². The van der Waals surface area contributed by atoms with Gasteiger partial charge in [-0.3, -0.25) is 4.55 Å². The average molecular weight is 504 g/mol. The number of hydrogen-bond donors (Lipinski definition) is 3. The van der Waals surface area contributed by atoms with Crippen LogP contribution in [0.25, 0.3) is 10.8 Å². The number of ether oxygens (including phenoxy) is 1. The number of benzene rings is 4. The minimum Gasteiger partial charge on any atom is -0.507 e. The molecule has 0 aliphatic rings. The number of aromatic hydroxyl groups is 1. The monoisotopic (exact) mass is 503 g/mol. The van der Waals surface area contributed by atoms with E-state index in [0.717, 1.165) is 6.07 Å². The molecule has 0 spiro atoms. The molecule has 0 bridgehead atoms. The van der Waals surface area contributed by atoms with Crippen LogP contribution in [0, 0.1) is 0 Å². The minimum atomic E-state index is -4.52. The van der Waals surface area contributed by atoms with Crippen molar-refractivity contribution in [3.8, 4) is 17.2 Å². The number of phenols is 1. The van der Waals surface area contributed by atoms with E-state index >= 15 is 0 Å². The first-order valence-corrected chi connectivity index (χ1v) is 11.5. The molecule has 0 radical (unpaired) electrons. The second kappa shape index (κ2) is 8.87. The molecule has 4 aromatic rings. The van der Waals surface area contributed by atoms with Crippen LogP contribution in [0.1, 0.15) is 0 Å². The van der Waals surface area contributed by atoms with Crippen molar-refractivity contribution < 1.29 is 22.8 Å². The molecule has 0 aromatic heterocycles. The van der Waals surface area contributed by atoms with Crippen molar-refractivity contribution in [2.24, 2.45) is 10.2 Å². The van der Waals surface area contributed by atoms with Crippen LogP contribution in [-0.4, -0.2) is 18.1 Å². The molecule has 0 aliphatic carbocycles. The maximum absolute atomic E-state index is 11.5. The van der Waals surface area contributed by atoms with Crippen LogP contribution in [0.5, 0.6) is 17.2 Å². The van der Waals surface area contributed by atoms with Gasteiger partial charge in [0.2, 0.25) is 0 Å². The topological polar surface area (TPSA) is 135 Å². The number of azo groups is 1. The van der Waals surface area contributed by atoms with Crippen molar-refractivity contribution in [1.29, 1.82) is 0 Å². The summed E-state index contributed by atoms with van der Waals surface area (Å²) in [6, 6.07) is 16.7. The van der Waals surface area contributed by atoms with Crippen molar-refractivity contribution in [2.75, 3.05) is 5.73 Å². The Morgan fingerprint density at radius 2 is 1.67 bits per heavy atom. The highest BCUT2D eigenvalue weighted by atomic mass is 35.5. The third kappa shape index (κ3) is 4.86. The fourth-order valence-corrected chi connectivity index (χ4v) is 3.95. The summed E-state index contributed by atoms with van der Waals surface area (Å²) in [6.45, 7) is 0. The number of hydrogen-bond acceptors (Lipinski definition) is 7. The Bertz CT molecular complexity index is 1520. The lowest BCUT2D eigenvalue weighted by Gasteiger charge is -2.11. The van der Waals surface area contributed by atoms with Gasteiger partial charge in [0, 0.05) is 17.2 Å². The van der Waals surface area contributed by atoms with E-state index in [1.165, 1.54) is 18.2 Å². The quantitative estimate of drug-likeness (QED) is 0.154. The van der Waals surface area contributed by atoms with E-state index in [9.17, 15) is 18.1 Å². The van der Waals surface area contributed by atoms with E-state index in [0.29, 0.717) is 21.5 Å². The first kappa shape index (κ1) is 22.8. The molecule has 168 valence electrons. The number of anilines is 1. The predicted molar refractivity (Wildman–Crippen MR) is 127 cm³/mol. The van der Waals surface area contributed by atoms with Gasteiger partial charge in [-0.25, -0.2) is 0 Å². The molecule has 4 rings (SSSR count). The number of para-hydroxylation sites is 1. The Morgan fingerprint density at radius 1 is 0.909 bits per heavy atom. The van der Waals surface area contributed by atoms with Crippen LogP contribution in [0.3, 0.4) is 0 Å². The molecule has 8 nitrogen and oxygen atoms in total. The fourth-order valence-electron chi connectivity index (χ4n) is 3.07. The maximum atomic E-state index is 11.5. The number of halogens is 2. The molecule has 33 heavy (non-hydrogen) atoms. The number of nitrogen functional groups attached to an aromatic ring is 1. The van der Waals surface area contributed by atoms with Crippen molar-refractivity contribution in [3.05, 3.63) is 76.8 Å². The summed E-state index contributed by atoms with van der Waals surface area (Å²) < 4.78 is 38.1. The van der Waals surface area contributed by atoms with Gasteiger partial charge in [0.1, 0.15) is 22.9 Å². The summed E-state index contributed by atoms with van der Waals surface area (Å²) in [7, 11) is -4.52. The first-order valence-electron chi connectivity index (χ1n) is 9.30. The summed E-state index contributed by atoms with van der Waals surface area (Å²) in [5.74, 6) is 0.221. The molecule has 0 aliphatic heterocycles. The van der Waals surface area contributed by atoms with Crippen LogP contribution in [0.15, 0.2) is 81.9 Å². The molecular weight excluding hydrogens is 489 g/mol. The lowest BCUT2D eigenvalue weighted by molar-refractivity contribution is 0.471. The first-order chi connectivity index (χ1) is 15.6. The number of nitrogens with two attached hydrogens (primary N) is 1. The lowest BCUT2D eigenvalue weighted by atomic mass is 10.1. The summed E-state index contributed by atoms with van der Waals surface area (Å²) >= 11 is 12.3. The van der Waals surface area contributed by atoms with Crippen LogP contribution in [0.4, 0.5) is 17.1 Å². The number of rotatable bonds is 5. The van der Waals surface area contributed by atoms with Gasteiger partial charge in [-0.2, -0.15) is 8.42 Å². The van der Waals surface area contributed by atoms with Crippen molar-refractivity contribution in [3.63, 3.8) is 0 Å². The number of fused-ring (bicyclic) bond motifs is 1. The molecule has 0 atom stereocenters. The van der Waals surface area contributed by atoms with Crippen molar-refractivity contribution >= 4 is 61.2 Å². The Hall–Kier alpha value is -3.37. The minimum absolute atomic E-state index is 0.102. The Balaban J connectivity index is 1.81. The molecule has 11 heteroatoms. The third-order valence-corrected chi connectivity index (χ3v) is 5.99. The molecule has 0 saturated heterocycles. The third-order valence-electron chi connectivity index (χ3n) is 4.61. The van der Waals surface area contributed by atoms with Gasteiger partial charge in [0.25, 0.3) is 10.1 Å². The summed E-state index contributed by atoms with van der Waals surface area (Å²) in [4.78, 5) is -0.465. The Kier molecular flexibility index (Phi) is 6.13. The highest BCUT2D eigenvalue weighted by Crippen LogP contribution is 2.42. The van der Waals surface area contributed by atoms with Crippen LogP contribution in [0.2, 0.25) is 10.0 Å². The zero-order chi connectivity index (χ0) is 23.8. The SMILES string of the molecule is Nc1ccc2cc(S(=O)(=O)O)cc(O)c2c1N=Nc1ccc(Cl)cc1Oc1ccccc1Cl. The second-order valence-electron chi connectivity index (χ2n) is 6.86. The second-order valence-corrected chi connectivity index (χ2v) is 9.13. The molecule has 4 aromatic carbocycles. The van der Waals surface area contributed by atoms with Gasteiger partial charge in [-0.05, 0) is 41.8 Å². The highest BCUT2D eigenvalue weighted by Gasteiger charge is 2.17. The van der Waals surface area contributed by atoms with Gasteiger partial charge in [0.15, 0.2) is 5.75 Å². The fraction of sp³-hybridized carbons (Fsp3) is 0. The smallest absolute Gasteiger partial charge is 0.294 e. The van der Waals surface area contributed by atoms with E-state index in [2.05, 4.69) is 10.2 Å². The largest absolute Gasteiger partial charge is 0.507 e. The zero-order valence-corrected chi connectivity index (χ0v) is 18.9. The van der Waals surface area contributed by atoms with E-state index < -0.39 is 20.8 Å². The van der Waals surface area contributed by atoms with Crippen LogP contribution >= 0.6 is 23.2 Å². The molecule has 0 unspecified atom stereocenters. The maximum Gasteiger partial charge on any atom is 0.294 e. The number of nitrogens with zero attached hydrogens (tertiary/aromatic N) is 2.